The van der Waals surface area contributed by atoms with Crippen molar-refractivity contribution in [3.05, 3.63) is 46.8 Å². The maximum Gasteiger partial charge on any atom is 0.257 e. The van der Waals surface area contributed by atoms with E-state index in [4.69, 9.17) is 4.74 Å². The Bertz CT molecular complexity index is 821. The molecule has 1 fully saturated rings. The lowest BCUT2D eigenvalue weighted by Crippen LogP contribution is -2.39. The molecule has 1 amide bonds. The minimum Gasteiger partial charge on any atom is -0.497 e. The smallest absolute Gasteiger partial charge is 0.257 e. The predicted octanol–water partition coefficient (Wildman–Crippen LogP) is 4.07. The first-order valence-corrected chi connectivity index (χ1v) is 9.62. The number of ether oxygens (including phenoxy) is 1. The Kier molecular flexibility index (Phi) is 4.47. The van der Waals surface area contributed by atoms with Crippen LogP contribution in [-0.2, 0) is 6.42 Å². The molecule has 2 heterocycles. The van der Waals surface area contributed by atoms with Gasteiger partial charge in [0.1, 0.15) is 5.75 Å². The van der Waals surface area contributed by atoms with Gasteiger partial charge in [0, 0.05) is 12.2 Å². The highest BCUT2D eigenvalue weighted by Gasteiger charge is 2.31. The number of fused-ring (bicyclic) bond motifs is 1. The monoisotopic (exact) mass is 353 g/mol. The van der Waals surface area contributed by atoms with E-state index in [0.717, 1.165) is 30.0 Å². The Hall–Kier alpha value is -2.30. The second-order valence-corrected chi connectivity index (χ2v) is 7.52. The van der Waals surface area contributed by atoms with E-state index in [0.29, 0.717) is 6.04 Å². The van der Waals surface area contributed by atoms with Gasteiger partial charge in [0.15, 0.2) is 0 Å². The van der Waals surface area contributed by atoms with Crippen molar-refractivity contribution in [2.75, 3.05) is 13.7 Å². The van der Waals surface area contributed by atoms with E-state index in [1.54, 1.807) is 13.3 Å². The van der Waals surface area contributed by atoms with Crippen molar-refractivity contribution in [1.82, 2.24) is 14.7 Å². The van der Waals surface area contributed by atoms with Crippen molar-refractivity contribution in [2.24, 2.45) is 0 Å². The fraction of sp³-hybridized carbons (Fsp3) is 0.524. The molecule has 0 radical (unpaired) electrons. The van der Waals surface area contributed by atoms with Crippen LogP contribution in [0.1, 0.15) is 71.9 Å². The van der Waals surface area contributed by atoms with Gasteiger partial charge in [0.25, 0.3) is 5.91 Å². The van der Waals surface area contributed by atoms with Crippen LogP contribution in [0.3, 0.4) is 0 Å². The standard InChI is InChI=1S/C21H27N3O2/c1-14-19-9-8-18(26-3)12-16(19)10-11-23(14)21(25)20-13-22-24(15(20)2)17-6-4-5-7-17/h8-9,12-14,17H,4-7,10-11H2,1-3H3. The van der Waals surface area contributed by atoms with E-state index >= 15 is 0 Å². The van der Waals surface area contributed by atoms with Crippen LogP contribution < -0.4 is 4.74 Å². The predicted molar refractivity (Wildman–Crippen MR) is 101 cm³/mol. The molecule has 5 nitrogen and oxygen atoms in total. The summed E-state index contributed by atoms with van der Waals surface area (Å²) < 4.78 is 7.41. The van der Waals surface area contributed by atoms with E-state index in [2.05, 4.69) is 28.8 Å². The lowest BCUT2D eigenvalue weighted by molar-refractivity contribution is 0.0676. The lowest BCUT2D eigenvalue weighted by Gasteiger charge is -2.35. The summed E-state index contributed by atoms with van der Waals surface area (Å²) in [6.07, 6.45) is 7.49. The molecular formula is C21H27N3O2. The minimum atomic E-state index is 0.0615. The van der Waals surface area contributed by atoms with E-state index in [-0.39, 0.29) is 11.9 Å². The fourth-order valence-electron chi connectivity index (χ4n) is 4.52. The molecule has 1 aliphatic heterocycles. The van der Waals surface area contributed by atoms with Crippen LogP contribution in [0.15, 0.2) is 24.4 Å². The number of methoxy groups -OCH3 is 1. The molecule has 0 N–H and O–H groups in total. The van der Waals surface area contributed by atoms with Crippen LogP contribution in [0, 0.1) is 6.92 Å². The summed E-state index contributed by atoms with van der Waals surface area (Å²) in [5, 5.41) is 4.56. The maximum atomic E-state index is 13.2. The van der Waals surface area contributed by atoms with Gasteiger partial charge in [-0.25, -0.2) is 0 Å². The van der Waals surface area contributed by atoms with Crippen molar-refractivity contribution in [1.29, 1.82) is 0 Å². The highest BCUT2D eigenvalue weighted by atomic mass is 16.5. The number of carbonyl (C=O) groups excluding carboxylic acids is 1. The molecule has 2 aromatic rings. The molecular weight excluding hydrogens is 326 g/mol. The zero-order valence-corrected chi connectivity index (χ0v) is 15.9. The van der Waals surface area contributed by atoms with Crippen molar-refractivity contribution in [2.45, 2.75) is 58.0 Å². The first-order valence-electron chi connectivity index (χ1n) is 9.62. The Balaban J connectivity index is 1.59. The molecule has 1 atom stereocenters. The van der Waals surface area contributed by atoms with Crippen molar-refractivity contribution in [3.63, 3.8) is 0 Å². The van der Waals surface area contributed by atoms with Gasteiger partial charge in [0.05, 0.1) is 31.0 Å². The van der Waals surface area contributed by atoms with E-state index in [9.17, 15) is 4.79 Å². The molecule has 4 rings (SSSR count). The number of carbonyl (C=O) groups is 1. The van der Waals surface area contributed by atoms with Crippen molar-refractivity contribution in [3.8, 4) is 5.75 Å². The first kappa shape index (κ1) is 17.1. The molecule has 2 aliphatic rings. The average Bonchev–Trinajstić information content (AvgIpc) is 3.30. The van der Waals surface area contributed by atoms with E-state index in [1.807, 2.05) is 17.9 Å². The van der Waals surface area contributed by atoms with Gasteiger partial charge < -0.3 is 9.64 Å². The van der Waals surface area contributed by atoms with Crippen molar-refractivity contribution < 1.29 is 9.53 Å². The summed E-state index contributed by atoms with van der Waals surface area (Å²) in [6, 6.07) is 6.69. The van der Waals surface area contributed by atoms with Gasteiger partial charge in [0.2, 0.25) is 0 Å². The molecule has 0 saturated heterocycles. The summed E-state index contributed by atoms with van der Waals surface area (Å²) in [4.78, 5) is 15.2. The third-order valence-corrected chi connectivity index (χ3v) is 6.10. The number of hydrogen-bond acceptors (Lipinski definition) is 3. The molecule has 1 saturated carbocycles. The number of nitrogens with zero attached hydrogens (tertiary/aromatic N) is 3. The molecule has 1 aliphatic carbocycles. The van der Waals surface area contributed by atoms with Gasteiger partial charge >= 0.3 is 0 Å². The topological polar surface area (TPSA) is 47.4 Å². The van der Waals surface area contributed by atoms with Gasteiger partial charge in [-0.05, 0) is 56.4 Å². The molecule has 0 spiro atoms. The zero-order chi connectivity index (χ0) is 18.3. The molecule has 26 heavy (non-hydrogen) atoms. The molecule has 1 unspecified atom stereocenters. The first-order chi connectivity index (χ1) is 12.6. The normalized spacial score (nSPS) is 20.3. The fourth-order valence-corrected chi connectivity index (χ4v) is 4.52. The van der Waals surface area contributed by atoms with Crippen LogP contribution in [0.5, 0.6) is 5.75 Å². The van der Waals surface area contributed by atoms with Gasteiger partial charge in [-0.1, -0.05) is 18.9 Å². The second-order valence-electron chi connectivity index (χ2n) is 7.52. The van der Waals surface area contributed by atoms with Gasteiger partial charge in [-0.2, -0.15) is 5.10 Å². The van der Waals surface area contributed by atoms with Crippen molar-refractivity contribution >= 4 is 5.91 Å². The van der Waals surface area contributed by atoms with Crippen LogP contribution >= 0.6 is 0 Å². The Labute approximate surface area is 154 Å². The lowest BCUT2D eigenvalue weighted by atomic mass is 9.92. The third kappa shape index (κ3) is 2.79. The van der Waals surface area contributed by atoms with E-state index in [1.165, 1.54) is 36.8 Å². The summed E-state index contributed by atoms with van der Waals surface area (Å²) in [5.41, 5.74) is 4.25. The highest BCUT2D eigenvalue weighted by Crippen LogP contribution is 2.34. The van der Waals surface area contributed by atoms with Crippen LogP contribution in [0.2, 0.25) is 0 Å². The van der Waals surface area contributed by atoms with Crippen LogP contribution in [-0.4, -0.2) is 34.2 Å². The summed E-state index contributed by atoms with van der Waals surface area (Å²) in [7, 11) is 1.69. The number of rotatable bonds is 3. The Morgan fingerprint density at radius 3 is 2.77 bits per heavy atom. The number of amides is 1. The van der Waals surface area contributed by atoms with Gasteiger partial charge in [-0.3, -0.25) is 9.48 Å². The summed E-state index contributed by atoms with van der Waals surface area (Å²) >= 11 is 0. The van der Waals surface area contributed by atoms with Crippen LogP contribution in [0.4, 0.5) is 0 Å². The number of benzene rings is 1. The molecule has 138 valence electrons. The summed E-state index contributed by atoms with van der Waals surface area (Å²) in [6.45, 7) is 4.87. The van der Waals surface area contributed by atoms with Gasteiger partial charge in [-0.15, -0.1) is 0 Å². The minimum absolute atomic E-state index is 0.0615. The number of aromatic nitrogens is 2. The largest absolute Gasteiger partial charge is 0.497 e. The molecule has 5 heteroatoms. The maximum absolute atomic E-state index is 13.2. The highest BCUT2D eigenvalue weighted by molar-refractivity contribution is 5.95. The third-order valence-electron chi connectivity index (χ3n) is 6.10. The Morgan fingerprint density at radius 2 is 2.04 bits per heavy atom. The Morgan fingerprint density at radius 1 is 1.27 bits per heavy atom. The van der Waals surface area contributed by atoms with E-state index < -0.39 is 0 Å². The second kappa shape index (κ2) is 6.78. The molecule has 1 aromatic carbocycles. The summed E-state index contributed by atoms with van der Waals surface area (Å²) in [5.74, 6) is 0.977. The average molecular weight is 353 g/mol. The quantitative estimate of drug-likeness (QED) is 0.835. The SMILES string of the molecule is COc1ccc2c(c1)CCN(C(=O)c1cnn(C3CCCC3)c1C)C2C. The molecule has 0 bridgehead atoms. The van der Waals surface area contributed by atoms with Crippen LogP contribution in [0.25, 0.3) is 0 Å². The number of hydrogen-bond donors (Lipinski definition) is 0. The molecule has 1 aromatic heterocycles. The zero-order valence-electron chi connectivity index (χ0n) is 15.9.